The van der Waals surface area contributed by atoms with Gasteiger partial charge in [-0.05, 0) is 48.7 Å². The van der Waals surface area contributed by atoms with E-state index in [0.29, 0.717) is 22.6 Å². The fourth-order valence-corrected chi connectivity index (χ4v) is 2.74. The molecule has 2 rings (SSSR count). The van der Waals surface area contributed by atoms with Gasteiger partial charge in [-0.2, -0.15) is 0 Å². The summed E-state index contributed by atoms with van der Waals surface area (Å²) in [7, 11) is 3.03. The highest BCUT2D eigenvalue weighted by Crippen LogP contribution is 2.45. The molecule has 0 unspecified atom stereocenters. The first kappa shape index (κ1) is 17.7. The van der Waals surface area contributed by atoms with Crippen LogP contribution in [0, 0.1) is 0 Å². The summed E-state index contributed by atoms with van der Waals surface area (Å²) in [5.41, 5.74) is 2.95. The van der Waals surface area contributed by atoms with Crippen LogP contribution in [0.2, 0.25) is 0 Å². The maximum atomic E-state index is 10.5. The molecule has 2 aromatic carbocycles. The minimum atomic E-state index is -0.00301. The highest BCUT2D eigenvalue weighted by molar-refractivity contribution is 5.82. The largest absolute Gasteiger partial charge is 0.504 e. The third kappa shape index (κ3) is 3.48. The first-order valence-corrected chi connectivity index (χ1v) is 7.99. The molecule has 4 heteroatoms. The van der Waals surface area contributed by atoms with Gasteiger partial charge in [0, 0.05) is 11.1 Å². The van der Waals surface area contributed by atoms with Gasteiger partial charge in [0.25, 0.3) is 0 Å². The summed E-state index contributed by atoms with van der Waals surface area (Å²) in [5, 5.41) is 21.1. The number of rotatable bonds is 6. The van der Waals surface area contributed by atoms with Gasteiger partial charge in [0.15, 0.2) is 23.0 Å². The van der Waals surface area contributed by atoms with E-state index in [2.05, 4.69) is 6.92 Å². The van der Waals surface area contributed by atoms with Gasteiger partial charge < -0.3 is 19.7 Å². The quantitative estimate of drug-likeness (QED) is 0.802. The first-order valence-electron chi connectivity index (χ1n) is 7.99. The maximum absolute atomic E-state index is 10.5. The molecule has 2 aromatic rings. The summed E-state index contributed by atoms with van der Waals surface area (Å²) < 4.78 is 10.6. The zero-order valence-electron chi connectivity index (χ0n) is 14.6. The topological polar surface area (TPSA) is 58.9 Å². The minimum Gasteiger partial charge on any atom is -0.504 e. The summed E-state index contributed by atoms with van der Waals surface area (Å²) in [5.74, 6) is 0.759. The molecule has 24 heavy (non-hydrogen) atoms. The zero-order valence-corrected chi connectivity index (χ0v) is 14.6. The van der Waals surface area contributed by atoms with E-state index in [0.717, 1.165) is 24.0 Å². The van der Waals surface area contributed by atoms with Crippen LogP contribution in [0.15, 0.2) is 30.3 Å². The Labute approximate surface area is 143 Å². The molecular weight excluding hydrogens is 304 g/mol. The van der Waals surface area contributed by atoms with E-state index in [4.69, 9.17) is 9.47 Å². The van der Waals surface area contributed by atoms with Crippen LogP contribution < -0.4 is 9.47 Å². The SMILES string of the molecule is C/C=C/c1cc(OC)c(O)c(-c2cc(CCC)cc(OC)c2O)c1. The van der Waals surface area contributed by atoms with Crippen LogP contribution in [-0.2, 0) is 6.42 Å². The van der Waals surface area contributed by atoms with Crippen molar-refractivity contribution in [1.82, 2.24) is 0 Å². The van der Waals surface area contributed by atoms with Gasteiger partial charge in [-0.3, -0.25) is 0 Å². The summed E-state index contributed by atoms with van der Waals surface area (Å²) >= 11 is 0. The number of phenols is 2. The van der Waals surface area contributed by atoms with Gasteiger partial charge in [-0.15, -0.1) is 0 Å². The second-order valence-corrected chi connectivity index (χ2v) is 5.56. The van der Waals surface area contributed by atoms with Gasteiger partial charge in [0.1, 0.15) is 0 Å². The summed E-state index contributed by atoms with van der Waals surface area (Å²) in [6.45, 7) is 4.01. The zero-order chi connectivity index (χ0) is 17.7. The molecule has 0 bridgehead atoms. The Bertz CT molecular complexity index is 748. The number of aromatic hydroxyl groups is 2. The van der Waals surface area contributed by atoms with E-state index in [-0.39, 0.29) is 11.5 Å². The van der Waals surface area contributed by atoms with E-state index in [1.807, 2.05) is 37.3 Å². The van der Waals surface area contributed by atoms with Crippen LogP contribution >= 0.6 is 0 Å². The second-order valence-electron chi connectivity index (χ2n) is 5.56. The molecule has 128 valence electrons. The molecule has 0 aliphatic heterocycles. The molecule has 0 aromatic heterocycles. The average Bonchev–Trinajstić information content (AvgIpc) is 2.58. The first-order chi connectivity index (χ1) is 11.5. The Morgan fingerprint density at radius 2 is 1.50 bits per heavy atom. The Morgan fingerprint density at radius 3 is 2.04 bits per heavy atom. The Hall–Kier alpha value is -2.62. The average molecular weight is 328 g/mol. The minimum absolute atomic E-state index is 0.00301. The molecule has 0 fully saturated rings. The monoisotopic (exact) mass is 328 g/mol. The highest BCUT2D eigenvalue weighted by atomic mass is 16.5. The molecule has 0 radical (unpaired) electrons. The number of hydrogen-bond acceptors (Lipinski definition) is 4. The second kappa shape index (κ2) is 7.77. The van der Waals surface area contributed by atoms with Gasteiger partial charge >= 0.3 is 0 Å². The lowest BCUT2D eigenvalue weighted by atomic mass is 9.96. The van der Waals surface area contributed by atoms with Crippen molar-refractivity contribution < 1.29 is 19.7 Å². The van der Waals surface area contributed by atoms with E-state index >= 15 is 0 Å². The van der Waals surface area contributed by atoms with Crippen molar-refractivity contribution in [2.24, 2.45) is 0 Å². The summed E-state index contributed by atoms with van der Waals surface area (Å²) in [6.07, 6.45) is 5.65. The van der Waals surface area contributed by atoms with Gasteiger partial charge in [-0.25, -0.2) is 0 Å². The molecule has 0 aliphatic carbocycles. The standard InChI is InChI=1S/C20H24O4/c1-5-7-13-9-15(19(21)17(11-13)23-3)16-10-14(8-6-2)12-18(24-4)20(16)22/h5,7,9-12,21-22H,6,8H2,1-4H3/b7-5+. The number of phenolic OH excluding ortho intramolecular Hbond substituents is 2. The lowest BCUT2D eigenvalue weighted by Gasteiger charge is -2.15. The smallest absolute Gasteiger partial charge is 0.165 e. The van der Waals surface area contributed by atoms with Crippen LogP contribution in [0.5, 0.6) is 23.0 Å². The molecule has 0 amide bonds. The van der Waals surface area contributed by atoms with E-state index in [1.165, 1.54) is 14.2 Å². The van der Waals surface area contributed by atoms with Gasteiger partial charge in [-0.1, -0.05) is 25.5 Å². The van der Waals surface area contributed by atoms with Crippen molar-refractivity contribution in [3.63, 3.8) is 0 Å². The molecule has 0 atom stereocenters. The predicted octanol–water partition coefficient (Wildman–Crippen LogP) is 4.77. The van der Waals surface area contributed by atoms with E-state index in [9.17, 15) is 10.2 Å². The van der Waals surface area contributed by atoms with E-state index < -0.39 is 0 Å². The molecule has 0 spiro atoms. The highest BCUT2D eigenvalue weighted by Gasteiger charge is 2.18. The van der Waals surface area contributed by atoms with E-state index in [1.54, 1.807) is 6.07 Å². The van der Waals surface area contributed by atoms with Crippen LogP contribution in [0.4, 0.5) is 0 Å². The Balaban J connectivity index is 2.74. The fraction of sp³-hybridized carbons (Fsp3) is 0.300. The lowest BCUT2D eigenvalue weighted by Crippen LogP contribution is -1.94. The van der Waals surface area contributed by atoms with Crippen molar-refractivity contribution in [2.75, 3.05) is 14.2 Å². The molecular formula is C20H24O4. The molecule has 4 nitrogen and oxygen atoms in total. The number of aryl methyl sites for hydroxylation is 1. The van der Waals surface area contributed by atoms with Crippen LogP contribution in [0.25, 0.3) is 17.2 Å². The molecule has 2 N–H and O–H groups in total. The van der Waals surface area contributed by atoms with Crippen molar-refractivity contribution >= 4 is 6.08 Å². The lowest BCUT2D eigenvalue weighted by molar-refractivity contribution is 0.370. The molecule has 0 heterocycles. The number of hydrogen-bond donors (Lipinski definition) is 2. The van der Waals surface area contributed by atoms with Crippen molar-refractivity contribution in [3.8, 4) is 34.1 Å². The number of methoxy groups -OCH3 is 2. The Kier molecular flexibility index (Phi) is 5.74. The van der Waals surface area contributed by atoms with Crippen molar-refractivity contribution in [1.29, 1.82) is 0 Å². The third-order valence-corrected chi connectivity index (χ3v) is 3.86. The summed E-state index contributed by atoms with van der Waals surface area (Å²) in [4.78, 5) is 0. The fourth-order valence-electron chi connectivity index (χ4n) is 2.74. The van der Waals surface area contributed by atoms with Crippen LogP contribution in [-0.4, -0.2) is 24.4 Å². The van der Waals surface area contributed by atoms with Crippen molar-refractivity contribution in [3.05, 3.63) is 41.5 Å². The molecule has 0 saturated carbocycles. The maximum Gasteiger partial charge on any atom is 0.165 e. The predicted molar refractivity (Wildman–Crippen MR) is 97.0 cm³/mol. The normalized spacial score (nSPS) is 11.0. The molecule has 0 aliphatic rings. The number of benzene rings is 2. The van der Waals surface area contributed by atoms with Gasteiger partial charge in [0.2, 0.25) is 0 Å². The number of ether oxygens (including phenoxy) is 2. The van der Waals surface area contributed by atoms with Crippen LogP contribution in [0.3, 0.4) is 0 Å². The van der Waals surface area contributed by atoms with Gasteiger partial charge in [0.05, 0.1) is 14.2 Å². The van der Waals surface area contributed by atoms with Crippen LogP contribution in [0.1, 0.15) is 31.4 Å². The number of allylic oxidation sites excluding steroid dienone is 1. The molecule has 0 saturated heterocycles. The third-order valence-electron chi connectivity index (χ3n) is 3.86. The Morgan fingerprint density at radius 1 is 0.917 bits per heavy atom. The van der Waals surface area contributed by atoms with Crippen molar-refractivity contribution in [2.45, 2.75) is 26.7 Å². The summed E-state index contributed by atoms with van der Waals surface area (Å²) in [6, 6.07) is 7.28.